The van der Waals surface area contributed by atoms with Gasteiger partial charge in [0.2, 0.25) is 0 Å². The van der Waals surface area contributed by atoms with Crippen LogP contribution in [0.5, 0.6) is 5.75 Å². The molecule has 2 aliphatic rings. The van der Waals surface area contributed by atoms with E-state index >= 15 is 0 Å². The molecule has 0 spiro atoms. The number of carbonyl (C=O) groups is 1. The lowest BCUT2D eigenvalue weighted by atomic mass is 9.88. The highest BCUT2D eigenvalue weighted by Gasteiger charge is 2.30. The third kappa shape index (κ3) is 1.91. The number of allylic oxidation sites excluding steroid dienone is 3. The van der Waals surface area contributed by atoms with Crippen molar-refractivity contribution < 1.29 is 9.53 Å². The zero-order valence-electron chi connectivity index (χ0n) is 9.50. The zero-order chi connectivity index (χ0) is 11.7. The number of hydrogen-bond acceptors (Lipinski definition) is 2. The van der Waals surface area contributed by atoms with Crippen LogP contribution in [0.4, 0.5) is 0 Å². The molecule has 0 aromatic heterocycles. The molecule has 1 aliphatic carbocycles. The van der Waals surface area contributed by atoms with Gasteiger partial charge in [-0.2, -0.15) is 0 Å². The molecule has 0 radical (unpaired) electrons. The van der Waals surface area contributed by atoms with Crippen molar-refractivity contribution >= 4 is 5.78 Å². The quantitative estimate of drug-likeness (QED) is 0.735. The Morgan fingerprint density at radius 1 is 1.18 bits per heavy atom. The second-order valence-electron chi connectivity index (χ2n) is 4.49. The monoisotopic (exact) mass is 226 g/mol. The van der Waals surface area contributed by atoms with E-state index in [0.29, 0.717) is 12.3 Å². The predicted molar refractivity (Wildman–Crippen MR) is 66.2 cm³/mol. The Kier molecular flexibility index (Phi) is 2.56. The van der Waals surface area contributed by atoms with Gasteiger partial charge in [0, 0.05) is 12.3 Å². The van der Waals surface area contributed by atoms with E-state index in [1.165, 1.54) is 0 Å². The van der Waals surface area contributed by atoms with Crippen LogP contribution in [0.25, 0.3) is 0 Å². The summed E-state index contributed by atoms with van der Waals surface area (Å²) in [6, 6.07) is 7.50. The number of carbonyl (C=O) groups excluding carboxylic acids is 1. The Morgan fingerprint density at radius 2 is 2.06 bits per heavy atom. The van der Waals surface area contributed by atoms with Gasteiger partial charge in [-0.05, 0) is 18.6 Å². The molecule has 0 amide bonds. The van der Waals surface area contributed by atoms with Crippen LogP contribution in [0, 0.1) is 5.92 Å². The van der Waals surface area contributed by atoms with Crippen molar-refractivity contribution in [3.05, 3.63) is 54.1 Å². The van der Waals surface area contributed by atoms with E-state index in [1.54, 1.807) is 0 Å². The molecule has 2 heteroatoms. The van der Waals surface area contributed by atoms with Crippen molar-refractivity contribution in [2.75, 3.05) is 0 Å². The number of ether oxygens (including phenoxy) is 1. The fourth-order valence-corrected chi connectivity index (χ4v) is 2.41. The van der Waals surface area contributed by atoms with Crippen molar-refractivity contribution in [2.24, 2.45) is 5.92 Å². The van der Waals surface area contributed by atoms with Gasteiger partial charge in [0.15, 0.2) is 5.78 Å². The molecule has 1 heterocycles. The summed E-state index contributed by atoms with van der Waals surface area (Å²) < 4.78 is 5.94. The number of para-hydroxylation sites is 1. The number of ketones is 1. The molecular weight excluding hydrogens is 212 g/mol. The van der Waals surface area contributed by atoms with Crippen LogP contribution in [-0.2, 0) is 0 Å². The summed E-state index contributed by atoms with van der Waals surface area (Å²) in [7, 11) is 0. The van der Waals surface area contributed by atoms with Crippen LogP contribution in [-0.4, -0.2) is 11.9 Å². The first-order valence-corrected chi connectivity index (χ1v) is 5.97. The van der Waals surface area contributed by atoms with Gasteiger partial charge in [-0.15, -0.1) is 0 Å². The van der Waals surface area contributed by atoms with Gasteiger partial charge >= 0.3 is 0 Å². The Bertz CT molecular complexity index is 499. The summed E-state index contributed by atoms with van der Waals surface area (Å²) in [4.78, 5) is 12.0. The van der Waals surface area contributed by atoms with E-state index in [-0.39, 0.29) is 11.9 Å². The molecule has 86 valence electrons. The molecule has 1 aliphatic heterocycles. The topological polar surface area (TPSA) is 26.3 Å². The van der Waals surface area contributed by atoms with E-state index < -0.39 is 0 Å². The number of fused-ring (bicyclic) bond motifs is 1. The molecule has 2 atom stereocenters. The molecule has 0 saturated carbocycles. The Balaban J connectivity index is 1.86. The van der Waals surface area contributed by atoms with Crippen LogP contribution in [0.15, 0.2) is 48.6 Å². The summed E-state index contributed by atoms with van der Waals surface area (Å²) in [6.45, 7) is 0. The largest absolute Gasteiger partial charge is 0.489 e. The van der Waals surface area contributed by atoms with Gasteiger partial charge < -0.3 is 4.74 Å². The molecule has 1 aromatic carbocycles. The maximum atomic E-state index is 12.0. The lowest BCUT2D eigenvalue weighted by molar-refractivity contribution is 0.0784. The smallest absolute Gasteiger partial charge is 0.170 e. The SMILES string of the molecule is O=C1C[C@H](C2C=CC=CC2)Oc2ccccc21. The Labute approximate surface area is 101 Å². The second kappa shape index (κ2) is 4.21. The lowest BCUT2D eigenvalue weighted by Gasteiger charge is -2.30. The summed E-state index contributed by atoms with van der Waals surface area (Å²) in [5.74, 6) is 1.24. The van der Waals surface area contributed by atoms with Crippen molar-refractivity contribution in [3.63, 3.8) is 0 Å². The molecular formula is C15H14O2. The van der Waals surface area contributed by atoms with Crippen LogP contribution >= 0.6 is 0 Å². The second-order valence-corrected chi connectivity index (χ2v) is 4.49. The minimum absolute atomic E-state index is 0.0152. The molecule has 0 saturated heterocycles. The highest BCUT2D eigenvalue weighted by molar-refractivity contribution is 5.99. The van der Waals surface area contributed by atoms with Gasteiger partial charge in [-0.1, -0.05) is 36.4 Å². The molecule has 1 aromatic rings. The summed E-state index contributed by atoms with van der Waals surface area (Å²) in [5, 5.41) is 0. The van der Waals surface area contributed by atoms with Crippen molar-refractivity contribution in [2.45, 2.75) is 18.9 Å². The number of rotatable bonds is 1. The summed E-state index contributed by atoms with van der Waals surface area (Å²) in [6.07, 6.45) is 9.75. The van der Waals surface area contributed by atoms with Crippen LogP contribution in [0.2, 0.25) is 0 Å². The molecule has 17 heavy (non-hydrogen) atoms. The maximum absolute atomic E-state index is 12.0. The molecule has 0 fully saturated rings. The summed E-state index contributed by atoms with van der Waals surface area (Å²) in [5.41, 5.74) is 0.721. The van der Waals surface area contributed by atoms with Gasteiger partial charge in [-0.25, -0.2) is 0 Å². The van der Waals surface area contributed by atoms with E-state index in [4.69, 9.17) is 4.74 Å². The first-order chi connectivity index (χ1) is 8.34. The van der Waals surface area contributed by atoms with Crippen LogP contribution in [0.3, 0.4) is 0 Å². The summed E-state index contributed by atoms with van der Waals surface area (Å²) >= 11 is 0. The third-order valence-corrected chi connectivity index (χ3v) is 3.34. The molecule has 1 unspecified atom stereocenters. The minimum atomic E-state index is -0.0152. The van der Waals surface area contributed by atoms with Crippen molar-refractivity contribution in [1.29, 1.82) is 0 Å². The normalized spacial score (nSPS) is 26.5. The van der Waals surface area contributed by atoms with Crippen LogP contribution < -0.4 is 4.74 Å². The number of hydrogen-bond donors (Lipinski definition) is 0. The minimum Gasteiger partial charge on any atom is -0.489 e. The Morgan fingerprint density at radius 3 is 2.88 bits per heavy atom. The van der Waals surface area contributed by atoms with E-state index in [9.17, 15) is 4.79 Å². The van der Waals surface area contributed by atoms with E-state index in [0.717, 1.165) is 17.7 Å². The zero-order valence-corrected chi connectivity index (χ0v) is 9.50. The van der Waals surface area contributed by atoms with Gasteiger partial charge in [0.25, 0.3) is 0 Å². The van der Waals surface area contributed by atoms with Gasteiger partial charge in [-0.3, -0.25) is 4.79 Å². The standard InChI is InChI=1S/C15H14O2/c16-13-10-15(11-6-2-1-3-7-11)17-14-9-5-4-8-12(13)14/h1-6,8-9,11,15H,7,10H2/t11?,15-/m1/s1. The fourth-order valence-electron chi connectivity index (χ4n) is 2.41. The fraction of sp³-hybridized carbons (Fsp3) is 0.267. The van der Waals surface area contributed by atoms with E-state index in [2.05, 4.69) is 12.2 Å². The third-order valence-electron chi connectivity index (χ3n) is 3.34. The van der Waals surface area contributed by atoms with Gasteiger partial charge in [0.1, 0.15) is 11.9 Å². The molecule has 0 bridgehead atoms. The highest BCUT2D eigenvalue weighted by Crippen LogP contribution is 2.32. The van der Waals surface area contributed by atoms with Crippen LogP contribution in [0.1, 0.15) is 23.2 Å². The Hall–Kier alpha value is -1.83. The highest BCUT2D eigenvalue weighted by atomic mass is 16.5. The van der Waals surface area contributed by atoms with E-state index in [1.807, 2.05) is 36.4 Å². The molecule has 3 rings (SSSR count). The lowest BCUT2D eigenvalue weighted by Crippen LogP contribution is -2.33. The predicted octanol–water partition coefficient (Wildman–Crippen LogP) is 3.15. The van der Waals surface area contributed by atoms with Crippen molar-refractivity contribution in [1.82, 2.24) is 0 Å². The number of Topliss-reactive ketones (excluding diaryl/α,β-unsaturated/α-hetero) is 1. The molecule has 2 nitrogen and oxygen atoms in total. The average Bonchev–Trinajstić information content (AvgIpc) is 2.40. The van der Waals surface area contributed by atoms with Crippen molar-refractivity contribution in [3.8, 4) is 5.75 Å². The maximum Gasteiger partial charge on any atom is 0.170 e. The first-order valence-electron chi connectivity index (χ1n) is 5.97. The number of benzene rings is 1. The van der Waals surface area contributed by atoms with Gasteiger partial charge in [0.05, 0.1) is 5.56 Å². The average molecular weight is 226 g/mol. The molecule has 0 N–H and O–H groups in total. The first kappa shape index (κ1) is 10.3.